The Morgan fingerprint density at radius 2 is 1.75 bits per heavy atom. The van der Waals surface area contributed by atoms with Gasteiger partial charge in [-0.3, -0.25) is 9.59 Å². The third-order valence-electron chi connectivity index (χ3n) is 4.38. The molecule has 0 aliphatic heterocycles. The number of hydrogen-bond donors (Lipinski definition) is 2. The number of ether oxygens (including phenoxy) is 2. The predicted molar refractivity (Wildman–Crippen MR) is 109 cm³/mol. The molecule has 7 nitrogen and oxygen atoms in total. The molecular weight excluding hydrogens is 358 g/mol. The number of carbonyl (C=O) groups excluding carboxylic acids is 2. The number of carbonyl (C=O) groups is 2. The topological polar surface area (TPSA) is 93.9 Å². The van der Waals surface area contributed by atoms with Crippen LogP contribution in [0.25, 0.3) is 0 Å². The Kier molecular flexibility index (Phi) is 7.68. The van der Waals surface area contributed by atoms with Crippen molar-refractivity contribution in [1.29, 1.82) is 0 Å². The fourth-order valence-electron chi connectivity index (χ4n) is 2.90. The summed E-state index contributed by atoms with van der Waals surface area (Å²) in [7, 11) is 3.19. The average molecular weight is 385 g/mol. The van der Waals surface area contributed by atoms with E-state index in [4.69, 9.17) is 15.2 Å². The lowest BCUT2D eigenvalue weighted by Gasteiger charge is -2.25. The number of methoxy groups -OCH3 is 2. The van der Waals surface area contributed by atoms with E-state index in [0.29, 0.717) is 12.3 Å². The fourth-order valence-corrected chi connectivity index (χ4v) is 2.90. The van der Waals surface area contributed by atoms with Crippen LogP contribution in [-0.4, -0.2) is 39.1 Å². The molecule has 0 spiro atoms. The van der Waals surface area contributed by atoms with E-state index in [1.807, 2.05) is 60.4 Å². The molecule has 0 aliphatic carbocycles. The number of para-hydroxylation sites is 1. The molecule has 0 aromatic heterocycles. The molecule has 1 unspecified atom stereocenters. The summed E-state index contributed by atoms with van der Waals surface area (Å²) >= 11 is 0. The standard InChI is InChI=1S/C21H27N3O4/c1-15(18-6-4-5-7-19(18)28-3)23-21(26)14-24(13-12-20(22)25)16-8-10-17(27-2)11-9-16/h4-11,15H,12-14H2,1-3H3,(H2,22,25)(H,23,26). The van der Waals surface area contributed by atoms with Crippen LogP contribution in [0.2, 0.25) is 0 Å². The number of benzene rings is 2. The van der Waals surface area contributed by atoms with Crippen LogP contribution in [0.3, 0.4) is 0 Å². The third-order valence-corrected chi connectivity index (χ3v) is 4.38. The van der Waals surface area contributed by atoms with E-state index in [-0.39, 0.29) is 24.9 Å². The van der Waals surface area contributed by atoms with Crippen LogP contribution in [0.1, 0.15) is 24.9 Å². The zero-order valence-corrected chi connectivity index (χ0v) is 16.5. The molecule has 2 amide bonds. The summed E-state index contributed by atoms with van der Waals surface area (Å²) in [5.74, 6) is 0.851. The van der Waals surface area contributed by atoms with E-state index in [2.05, 4.69) is 5.32 Å². The highest BCUT2D eigenvalue weighted by molar-refractivity contribution is 5.82. The first-order valence-electron chi connectivity index (χ1n) is 9.04. The van der Waals surface area contributed by atoms with Crippen molar-refractivity contribution in [3.8, 4) is 11.5 Å². The van der Waals surface area contributed by atoms with Crippen molar-refractivity contribution in [3.05, 3.63) is 54.1 Å². The van der Waals surface area contributed by atoms with Crippen molar-refractivity contribution in [2.75, 3.05) is 32.2 Å². The lowest BCUT2D eigenvalue weighted by atomic mass is 10.1. The summed E-state index contributed by atoms with van der Waals surface area (Å²) in [5.41, 5.74) is 6.99. The van der Waals surface area contributed by atoms with Crippen molar-refractivity contribution in [2.24, 2.45) is 5.73 Å². The Hall–Kier alpha value is -3.22. The van der Waals surface area contributed by atoms with Crippen molar-refractivity contribution in [1.82, 2.24) is 5.32 Å². The van der Waals surface area contributed by atoms with E-state index in [1.54, 1.807) is 14.2 Å². The molecule has 0 heterocycles. The quantitative estimate of drug-likeness (QED) is 0.654. The summed E-state index contributed by atoms with van der Waals surface area (Å²) < 4.78 is 10.5. The summed E-state index contributed by atoms with van der Waals surface area (Å²) in [6.07, 6.45) is 0.154. The molecule has 3 N–H and O–H groups in total. The van der Waals surface area contributed by atoms with Crippen LogP contribution < -0.4 is 25.4 Å². The van der Waals surface area contributed by atoms with Crippen LogP contribution in [0, 0.1) is 0 Å². The van der Waals surface area contributed by atoms with Crippen molar-refractivity contribution >= 4 is 17.5 Å². The highest BCUT2D eigenvalue weighted by atomic mass is 16.5. The highest BCUT2D eigenvalue weighted by Gasteiger charge is 2.17. The average Bonchev–Trinajstić information content (AvgIpc) is 2.70. The maximum absolute atomic E-state index is 12.6. The number of hydrogen-bond acceptors (Lipinski definition) is 5. The van der Waals surface area contributed by atoms with Gasteiger partial charge in [-0.2, -0.15) is 0 Å². The number of anilines is 1. The Morgan fingerprint density at radius 3 is 2.36 bits per heavy atom. The van der Waals surface area contributed by atoms with Crippen LogP contribution in [0.5, 0.6) is 11.5 Å². The molecule has 7 heteroatoms. The van der Waals surface area contributed by atoms with Crippen molar-refractivity contribution < 1.29 is 19.1 Å². The van der Waals surface area contributed by atoms with Gasteiger partial charge in [0, 0.05) is 24.2 Å². The van der Waals surface area contributed by atoms with Gasteiger partial charge in [0.15, 0.2) is 0 Å². The van der Waals surface area contributed by atoms with Gasteiger partial charge in [0.2, 0.25) is 11.8 Å². The van der Waals surface area contributed by atoms with Gasteiger partial charge in [-0.05, 0) is 37.3 Å². The molecule has 2 aromatic carbocycles. The minimum Gasteiger partial charge on any atom is -0.497 e. The monoisotopic (exact) mass is 385 g/mol. The maximum Gasteiger partial charge on any atom is 0.239 e. The van der Waals surface area contributed by atoms with Gasteiger partial charge in [-0.15, -0.1) is 0 Å². The number of nitrogens with zero attached hydrogens (tertiary/aromatic N) is 1. The van der Waals surface area contributed by atoms with E-state index >= 15 is 0 Å². The zero-order valence-electron chi connectivity index (χ0n) is 16.5. The normalized spacial score (nSPS) is 11.4. The predicted octanol–water partition coefficient (Wildman–Crippen LogP) is 2.26. The summed E-state index contributed by atoms with van der Waals surface area (Å²) in [6, 6.07) is 14.6. The van der Waals surface area contributed by atoms with Crippen LogP contribution >= 0.6 is 0 Å². The van der Waals surface area contributed by atoms with Gasteiger partial charge in [0.25, 0.3) is 0 Å². The second kappa shape index (κ2) is 10.2. The summed E-state index contributed by atoms with van der Waals surface area (Å²) in [4.78, 5) is 25.7. The van der Waals surface area contributed by atoms with Gasteiger partial charge in [-0.25, -0.2) is 0 Å². The van der Waals surface area contributed by atoms with Gasteiger partial charge in [0.1, 0.15) is 11.5 Å². The first-order chi connectivity index (χ1) is 13.4. The molecule has 1 atom stereocenters. The van der Waals surface area contributed by atoms with E-state index in [9.17, 15) is 9.59 Å². The lowest BCUT2D eigenvalue weighted by molar-refractivity contribution is -0.121. The lowest BCUT2D eigenvalue weighted by Crippen LogP contribution is -2.39. The van der Waals surface area contributed by atoms with Gasteiger partial charge in [0.05, 0.1) is 26.8 Å². The van der Waals surface area contributed by atoms with Crippen LogP contribution in [0.4, 0.5) is 5.69 Å². The molecule has 0 fully saturated rings. The Labute approximate surface area is 165 Å². The molecule has 2 aromatic rings. The number of rotatable bonds is 10. The molecule has 0 saturated carbocycles. The van der Waals surface area contributed by atoms with Crippen molar-refractivity contribution in [3.63, 3.8) is 0 Å². The SMILES string of the molecule is COc1ccc(N(CCC(N)=O)CC(=O)NC(C)c2ccccc2OC)cc1. The molecule has 150 valence electrons. The Balaban J connectivity index is 2.09. The van der Waals surface area contributed by atoms with Gasteiger partial charge >= 0.3 is 0 Å². The van der Waals surface area contributed by atoms with E-state index < -0.39 is 5.91 Å². The number of nitrogens with one attached hydrogen (secondary N) is 1. The molecule has 2 rings (SSSR count). The highest BCUT2D eigenvalue weighted by Crippen LogP contribution is 2.24. The minimum absolute atomic E-state index is 0.0963. The summed E-state index contributed by atoms with van der Waals surface area (Å²) in [5, 5.41) is 2.98. The fraction of sp³-hybridized carbons (Fsp3) is 0.333. The first kappa shape index (κ1) is 21.1. The Bertz CT molecular complexity index is 792. The van der Waals surface area contributed by atoms with Crippen LogP contribution in [-0.2, 0) is 9.59 Å². The molecule has 28 heavy (non-hydrogen) atoms. The second-order valence-electron chi connectivity index (χ2n) is 6.37. The first-order valence-corrected chi connectivity index (χ1v) is 9.04. The smallest absolute Gasteiger partial charge is 0.239 e. The van der Waals surface area contributed by atoms with E-state index in [0.717, 1.165) is 17.0 Å². The Morgan fingerprint density at radius 1 is 1.07 bits per heavy atom. The van der Waals surface area contributed by atoms with Crippen LogP contribution in [0.15, 0.2) is 48.5 Å². The number of amides is 2. The largest absolute Gasteiger partial charge is 0.497 e. The van der Waals surface area contributed by atoms with Gasteiger partial charge in [-0.1, -0.05) is 18.2 Å². The summed E-state index contributed by atoms with van der Waals surface area (Å²) in [6.45, 7) is 2.34. The molecular formula is C21H27N3O4. The minimum atomic E-state index is -0.415. The second-order valence-corrected chi connectivity index (χ2v) is 6.37. The van der Waals surface area contributed by atoms with Crippen molar-refractivity contribution in [2.45, 2.75) is 19.4 Å². The number of nitrogens with two attached hydrogens (primary N) is 1. The van der Waals surface area contributed by atoms with Gasteiger partial charge < -0.3 is 25.4 Å². The molecule has 0 bridgehead atoms. The maximum atomic E-state index is 12.6. The molecule has 0 saturated heterocycles. The molecule has 0 radical (unpaired) electrons. The molecule has 0 aliphatic rings. The van der Waals surface area contributed by atoms with E-state index in [1.165, 1.54) is 0 Å². The zero-order chi connectivity index (χ0) is 20.5. The number of primary amides is 1. The third kappa shape index (κ3) is 5.90.